The Hall–Kier alpha value is -1.10. The van der Waals surface area contributed by atoms with Gasteiger partial charge in [0, 0.05) is 0 Å². The van der Waals surface area contributed by atoms with Crippen molar-refractivity contribution in [3.05, 3.63) is 0 Å². The highest BCUT2D eigenvalue weighted by Crippen LogP contribution is 2.06. The molecule has 0 unspecified atom stereocenters. The Labute approximate surface area is 96.4 Å². The van der Waals surface area contributed by atoms with Gasteiger partial charge in [-0.15, -0.1) is 0 Å². The SMILES string of the molecule is CC(C)C[C@@H](O)C(=O)N[C@H](C(N)=O)C(C)C. The number of amides is 2. The first kappa shape index (κ1) is 14.9. The lowest BCUT2D eigenvalue weighted by Crippen LogP contribution is -2.50. The van der Waals surface area contributed by atoms with E-state index in [0.29, 0.717) is 6.42 Å². The van der Waals surface area contributed by atoms with Crippen molar-refractivity contribution in [1.82, 2.24) is 5.32 Å². The van der Waals surface area contributed by atoms with Crippen molar-refractivity contribution in [2.45, 2.75) is 46.3 Å². The van der Waals surface area contributed by atoms with Crippen LogP contribution in [0.5, 0.6) is 0 Å². The molecule has 0 spiro atoms. The quantitative estimate of drug-likeness (QED) is 0.600. The van der Waals surface area contributed by atoms with Crippen molar-refractivity contribution in [2.24, 2.45) is 17.6 Å². The predicted molar refractivity (Wildman–Crippen MR) is 61.4 cm³/mol. The fourth-order valence-corrected chi connectivity index (χ4v) is 1.37. The highest BCUT2D eigenvalue weighted by molar-refractivity contribution is 5.88. The molecule has 0 heterocycles. The Kier molecular flexibility index (Phi) is 6.03. The number of nitrogens with one attached hydrogen (secondary N) is 1. The third kappa shape index (κ3) is 5.11. The number of carbonyl (C=O) groups excluding carboxylic acids is 2. The zero-order valence-corrected chi connectivity index (χ0v) is 10.4. The molecule has 0 aliphatic heterocycles. The van der Waals surface area contributed by atoms with Gasteiger partial charge in [-0.25, -0.2) is 0 Å². The van der Waals surface area contributed by atoms with E-state index in [1.807, 2.05) is 13.8 Å². The van der Waals surface area contributed by atoms with Gasteiger partial charge in [0.25, 0.3) is 0 Å². The van der Waals surface area contributed by atoms with Gasteiger partial charge in [-0.1, -0.05) is 27.7 Å². The zero-order valence-electron chi connectivity index (χ0n) is 10.4. The lowest BCUT2D eigenvalue weighted by atomic mass is 10.0. The number of carbonyl (C=O) groups is 2. The van der Waals surface area contributed by atoms with Crippen molar-refractivity contribution < 1.29 is 14.7 Å². The van der Waals surface area contributed by atoms with Crippen LogP contribution in [0.3, 0.4) is 0 Å². The summed E-state index contributed by atoms with van der Waals surface area (Å²) in [6.07, 6.45) is -0.712. The largest absolute Gasteiger partial charge is 0.383 e. The van der Waals surface area contributed by atoms with Crippen LogP contribution in [0.25, 0.3) is 0 Å². The Morgan fingerprint density at radius 2 is 1.75 bits per heavy atom. The second-order valence-electron chi connectivity index (χ2n) is 4.78. The number of rotatable bonds is 6. The number of hydrogen-bond acceptors (Lipinski definition) is 3. The Morgan fingerprint density at radius 3 is 2.06 bits per heavy atom. The first-order chi connectivity index (χ1) is 7.25. The highest BCUT2D eigenvalue weighted by Gasteiger charge is 2.25. The molecule has 0 radical (unpaired) electrons. The summed E-state index contributed by atoms with van der Waals surface area (Å²) in [5, 5.41) is 12.0. The number of primary amides is 1. The minimum Gasteiger partial charge on any atom is -0.383 e. The summed E-state index contributed by atoms with van der Waals surface area (Å²) >= 11 is 0. The molecule has 5 heteroatoms. The van der Waals surface area contributed by atoms with E-state index in [4.69, 9.17) is 5.73 Å². The van der Waals surface area contributed by atoms with E-state index in [0.717, 1.165) is 0 Å². The fourth-order valence-electron chi connectivity index (χ4n) is 1.37. The van der Waals surface area contributed by atoms with E-state index in [1.165, 1.54) is 0 Å². The van der Waals surface area contributed by atoms with Gasteiger partial charge in [-0.3, -0.25) is 9.59 Å². The van der Waals surface area contributed by atoms with E-state index in [9.17, 15) is 14.7 Å². The summed E-state index contributed by atoms with van der Waals surface area (Å²) in [5.74, 6) is -0.995. The third-order valence-electron chi connectivity index (χ3n) is 2.27. The van der Waals surface area contributed by atoms with Gasteiger partial charge in [0.05, 0.1) is 0 Å². The van der Waals surface area contributed by atoms with Crippen LogP contribution in [-0.2, 0) is 9.59 Å². The second kappa shape index (κ2) is 6.48. The lowest BCUT2D eigenvalue weighted by molar-refractivity contribution is -0.134. The van der Waals surface area contributed by atoms with Gasteiger partial charge in [0.2, 0.25) is 11.8 Å². The van der Waals surface area contributed by atoms with Crippen molar-refractivity contribution in [1.29, 1.82) is 0 Å². The van der Waals surface area contributed by atoms with Crippen molar-refractivity contribution in [2.75, 3.05) is 0 Å². The molecule has 0 bridgehead atoms. The van der Waals surface area contributed by atoms with E-state index in [2.05, 4.69) is 5.32 Å². The van der Waals surface area contributed by atoms with Crippen LogP contribution >= 0.6 is 0 Å². The average molecular weight is 230 g/mol. The van der Waals surface area contributed by atoms with Gasteiger partial charge < -0.3 is 16.2 Å². The monoisotopic (exact) mass is 230 g/mol. The molecule has 2 atom stereocenters. The molecule has 5 nitrogen and oxygen atoms in total. The van der Waals surface area contributed by atoms with Crippen LogP contribution in [0.2, 0.25) is 0 Å². The van der Waals surface area contributed by atoms with E-state index < -0.39 is 24.0 Å². The number of hydrogen-bond donors (Lipinski definition) is 3. The molecule has 0 aliphatic rings. The standard InChI is InChI=1S/C11H22N2O3/c1-6(2)5-8(14)11(16)13-9(7(3)4)10(12)15/h6-9,14H,5H2,1-4H3,(H2,12,15)(H,13,16)/t8-,9+/m1/s1. The Bertz CT molecular complexity index is 252. The second-order valence-corrected chi connectivity index (χ2v) is 4.78. The molecule has 0 aromatic heterocycles. The molecule has 0 aliphatic carbocycles. The van der Waals surface area contributed by atoms with Gasteiger partial charge in [0.1, 0.15) is 12.1 Å². The van der Waals surface area contributed by atoms with Gasteiger partial charge in [-0.05, 0) is 18.3 Å². The average Bonchev–Trinajstić information content (AvgIpc) is 2.11. The van der Waals surface area contributed by atoms with Gasteiger partial charge in [-0.2, -0.15) is 0 Å². The van der Waals surface area contributed by atoms with Crippen LogP contribution in [0, 0.1) is 11.8 Å². The van der Waals surface area contributed by atoms with Crippen LogP contribution in [-0.4, -0.2) is 29.1 Å². The Morgan fingerprint density at radius 1 is 1.25 bits per heavy atom. The molecule has 0 saturated heterocycles. The molecule has 0 saturated carbocycles. The summed E-state index contributed by atoms with van der Waals surface area (Å²) in [6, 6.07) is -0.727. The van der Waals surface area contributed by atoms with Crippen molar-refractivity contribution >= 4 is 11.8 Å². The van der Waals surface area contributed by atoms with Gasteiger partial charge in [0.15, 0.2) is 0 Å². The molecule has 0 aromatic carbocycles. The maximum atomic E-state index is 11.5. The summed E-state index contributed by atoms with van der Waals surface area (Å²) in [5.41, 5.74) is 5.15. The highest BCUT2D eigenvalue weighted by atomic mass is 16.3. The number of aliphatic hydroxyl groups excluding tert-OH is 1. The molecule has 4 N–H and O–H groups in total. The van der Waals surface area contributed by atoms with Crippen molar-refractivity contribution in [3.8, 4) is 0 Å². The topological polar surface area (TPSA) is 92.4 Å². The molecule has 2 amide bonds. The number of aliphatic hydroxyl groups is 1. The van der Waals surface area contributed by atoms with Crippen LogP contribution in [0.15, 0.2) is 0 Å². The summed E-state index contributed by atoms with van der Waals surface area (Å²) in [7, 11) is 0. The molecule has 0 fully saturated rings. The first-order valence-electron chi connectivity index (χ1n) is 5.53. The molecular formula is C11H22N2O3. The van der Waals surface area contributed by atoms with E-state index in [1.54, 1.807) is 13.8 Å². The summed E-state index contributed by atoms with van der Waals surface area (Å²) in [6.45, 7) is 7.38. The minimum absolute atomic E-state index is 0.0901. The molecular weight excluding hydrogens is 208 g/mol. The fraction of sp³-hybridized carbons (Fsp3) is 0.818. The lowest BCUT2D eigenvalue weighted by Gasteiger charge is -2.21. The molecule has 0 aromatic rings. The first-order valence-corrected chi connectivity index (χ1v) is 5.53. The maximum Gasteiger partial charge on any atom is 0.249 e. The molecule has 0 rings (SSSR count). The molecule has 94 valence electrons. The Balaban J connectivity index is 4.35. The van der Waals surface area contributed by atoms with Crippen molar-refractivity contribution in [3.63, 3.8) is 0 Å². The minimum atomic E-state index is -1.08. The number of nitrogens with two attached hydrogens (primary N) is 1. The normalized spacial score (nSPS) is 14.9. The van der Waals surface area contributed by atoms with E-state index in [-0.39, 0.29) is 11.8 Å². The van der Waals surface area contributed by atoms with E-state index >= 15 is 0 Å². The smallest absolute Gasteiger partial charge is 0.249 e. The van der Waals surface area contributed by atoms with Crippen LogP contribution in [0.4, 0.5) is 0 Å². The predicted octanol–water partition coefficient (Wildman–Crippen LogP) is 0.0195. The van der Waals surface area contributed by atoms with Gasteiger partial charge >= 0.3 is 0 Å². The van der Waals surface area contributed by atoms with Crippen LogP contribution < -0.4 is 11.1 Å². The third-order valence-corrected chi connectivity index (χ3v) is 2.27. The molecule has 16 heavy (non-hydrogen) atoms. The van der Waals surface area contributed by atoms with Crippen LogP contribution in [0.1, 0.15) is 34.1 Å². The summed E-state index contributed by atoms with van der Waals surface area (Å²) < 4.78 is 0. The summed E-state index contributed by atoms with van der Waals surface area (Å²) in [4.78, 5) is 22.6. The zero-order chi connectivity index (χ0) is 12.9. The maximum absolute atomic E-state index is 11.5.